The van der Waals surface area contributed by atoms with Gasteiger partial charge in [0.2, 0.25) is 11.9 Å². The molecule has 5 heteroatoms. The van der Waals surface area contributed by atoms with Crippen molar-refractivity contribution in [1.82, 2.24) is 14.8 Å². The highest BCUT2D eigenvalue weighted by molar-refractivity contribution is 5.39. The molecular weight excluding hydrogens is 226 g/mol. The zero-order valence-corrected chi connectivity index (χ0v) is 11.4. The Morgan fingerprint density at radius 2 is 2.06 bits per heavy atom. The van der Waals surface area contributed by atoms with Crippen molar-refractivity contribution in [2.45, 2.75) is 45.6 Å². The van der Waals surface area contributed by atoms with E-state index in [0.29, 0.717) is 12.0 Å². The number of rotatable bonds is 2. The zero-order chi connectivity index (χ0) is 12.5. The van der Waals surface area contributed by atoms with Crippen LogP contribution in [-0.4, -0.2) is 34.4 Å². The molecule has 3 rings (SSSR count). The maximum atomic E-state index is 4.75. The van der Waals surface area contributed by atoms with Crippen LogP contribution in [0.15, 0.2) is 0 Å². The van der Waals surface area contributed by atoms with Crippen molar-refractivity contribution in [2.75, 3.05) is 29.9 Å². The van der Waals surface area contributed by atoms with Crippen LogP contribution in [-0.2, 0) is 0 Å². The van der Waals surface area contributed by atoms with Crippen LogP contribution < -0.4 is 10.2 Å². The van der Waals surface area contributed by atoms with Crippen molar-refractivity contribution >= 4 is 11.9 Å². The molecule has 18 heavy (non-hydrogen) atoms. The van der Waals surface area contributed by atoms with E-state index in [1.807, 2.05) is 0 Å². The highest BCUT2D eigenvalue weighted by Gasteiger charge is 2.28. The van der Waals surface area contributed by atoms with Gasteiger partial charge < -0.3 is 10.2 Å². The van der Waals surface area contributed by atoms with E-state index < -0.39 is 0 Å². The minimum Gasteiger partial charge on any atom is -0.354 e. The molecule has 1 aromatic rings. The molecule has 1 N–H and O–H groups in total. The lowest BCUT2D eigenvalue weighted by molar-refractivity contribution is 0.312. The van der Waals surface area contributed by atoms with Gasteiger partial charge in [0.15, 0.2) is 0 Å². The van der Waals surface area contributed by atoms with Crippen LogP contribution in [0.3, 0.4) is 0 Å². The SMILES string of the molecule is CCC1C(C)CNc2nc(N3CCCCC3)nn21. The first-order valence-electron chi connectivity index (χ1n) is 7.25. The van der Waals surface area contributed by atoms with Crippen molar-refractivity contribution in [2.24, 2.45) is 5.92 Å². The fourth-order valence-electron chi connectivity index (χ4n) is 3.10. The fourth-order valence-corrected chi connectivity index (χ4v) is 3.10. The molecule has 1 fully saturated rings. The number of hydrogen-bond donors (Lipinski definition) is 1. The van der Waals surface area contributed by atoms with Crippen LogP contribution in [0.2, 0.25) is 0 Å². The van der Waals surface area contributed by atoms with Gasteiger partial charge in [0.05, 0.1) is 6.04 Å². The molecule has 1 saturated heterocycles. The van der Waals surface area contributed by atoms with Crippen LogP contribution in [0.25, 0.3) is 0 Å². The number of hydrogen-bond acceptors (Lipinski definition) is 4. The molecule has 2 atom stereocenters. The summed E-state index contributed by atoms with van der Waals surface area (Å²) in [7, 11) is 0. The Morgan fingerprint density at radius 1 is 1.28 bits per heavy atom. The van der Waals surface area contributed by atoms with Crippen LogP contribution in [0, 0.1) is 5.92 Å². The normalized spacial score (nSPS) is 27.8. The standard InChI is InChI=1S/C13H23N5/c1-3-11-10(2)9-14-12-15-13(16-18(11)12)17-7-5-4-6-8-17/h10-11H,3-9H2,1-2H3,(H,14,15,16). The van der Waals surface area contributed by atoms with E-state index in [-0.39, 0.29) is 0 Å². The van der Waals surface area contributed by atoms with E-state index >= 15 is 0 Å². The van der Waals surface area contributed by atoms with E-state index in [1.165, 1.54) is 19.3 Å². The summed E-state index contributed by atoms with van der Waals surface area (Å²) in [6.07, 6.45) is 5.01. The third-order valence-corrected chi connectivity index (χ3v) is 4.23. The summed E-state index contributed by atoms with van der Waals surface area (Å²) >= 11 is 0. The van der Waals surface area contributed by atoms with Crippen molar-refractivity contribution in [3.05, 3.63) is 0 Å². The minimum atomic E-state index is 0.493. The van der Waals surface area contributed by atoms with Crippen LogP contribution in [0.1, 0.15) is 45.6 Å². The van der Waals surface area contributed by atoms with Gasteiger partial charge in [-0.05, 0) is 31.6 Å². The minimum absolute atomic E-state index is 0.493. The Hall–Kier alpha value is -1.26. The van der Waals surface area contributed by atoms with Crippen LogP contribution >= 0.6 is 0 Å². The number of anilines is 2. The summed E-state index contributed by atoms with van der Waals surface area (Å²) in [6.45, 7) is 7.74. The van der Waals surface area contributed by atoms with Crippen molar-refractivity contribution < 1.29 is 0 Å². The zero-order valence-electron chi connectivity index (χ0n) is 11.4. The number of nitrogens with one attached hydrogen (secondary N) is 1. The van der Waals surface area contributed by atoms with Crippen LogP contribution in [0.5, 0.6) is 0 Å². The predicted octanol–water partition coefficient (Wildman–Crippen LogP) is 2.28. The fraction of sp³-hybridized carbons (Fsp3) is 0.846. The quantitative estimate of drug-likeness (QED) is 0.873. The Labute approximate surface area is 109 Å². The Kier molecular flexibility index (Phi) is 3.14. The van der Waals surface area contributed by atoms with Crippen molar-refractivity contribution in [3.63, 3.8) is 0 Å². The van der Waals surface area contributed by atoms with Crippen molar-refractivity contribution in [3.8, 4) is 0 Å². The van der Waals surface area contributed by atoms with Crippen LogP contribution in [0.4, 0.5) is 11.9 Å². The van der Waals surface area contributed by atoms with E-state index in [1.54, 1.807) is 0 Å². The number of nitrogens with zero attached hydrogens (tertiary/aromatic N) is 4. The van der Waals surface area contributed by atoms with E-state index in [0.717, 1.165) is 38.0 Å². The first-order valence-corrected chi connectivity index (χ1v) is 7.25. The molecule has 0 aromatic carbocycles. The molecule has 100 valence electrons. The summed E-state index contributed by atoms with van der Waals surface area (Å²) in [6, 6.07) is 0.493. The molecular formula is C13H23N5. The summed E-state index contributed by atoms with van der Waals surface area (Å²) in [4.78, 5) is 7.00. The molecule has 2 aliphatic rings. The first-order chi connectivity index (χ1) is 8.79. The number of piperidine rings is 1. The predicted molar refractivity (Wildman–Crippen MR) is 73.1 cm³/mol. The molecule has 2 unspecified atom stereocenters. The second-order valence-electron chi connectivity index (χ2n) is 5.56. The van der Waals surface area contributed by atoms with Gasteiger partial charge in [0.1, 0.15) is 0 Å². The van der Waals surface area contributed by atoms with Gasteiger partial charge in [-0.2, -0.15) is 4.98 Å². The lowest BCUT2D eigenvalue weighted by atomic mass is 9.98. The number of aromatic nitrogens is 3. The lowest BCUT2D eigenvalue weighted by Crippen LogP contribution is -2.31. The first kappa shape index (κ1) is 11.8. The highest BCUT2D eigenvalue weighted by Crippen LogP contribution is 2.30. The summed E-state index contributed by atoms with van der Waals surface area (Å²) < 4.78 is 2.11. The van der Waals surface area contributed by atoms with Gasteiger partial charge in [-0.3, -0.25) is 0 Å². The smallest absolute Gasteiger partial charge is 0.246 e. The highest BCUT2D eigenvalue weighted by atomic mass is 15.5. The summed E-state index contributed by atoms with van der Waals surface area (Å²) in [5, 5.41) is 8.14. The maximum absolute atomic E-state index is 4.75. The Bertz CT molecular complexity index is 408. The van der Waals surface area contributed by atoms with Gasteiger partial charge in [0, 0.05) is 19.6 Å². The molecule has 0 saturated carbocycles. The molecule has 0 aliphatic carbocycles. The van der Waals surface area contributed by atoms with E-state index in [2.05, 4.69) is 33.7 Å². The molecule has 0 amide bonds. The Balaban J connectivity index is 1.86. The molecule has 1 aromatic heterocycles. The summed E-state index contributed by atoms with van der Waals surface area (Å²) in [5.41, 5.74) is 0. The topological polar surface area (TPSA) is 46.0 Å². The monoisotopic (exact) mass is 249 g/mol. The second-order valence-corrected chi connectivity index (χ2v) is 5.56. The van der Waals surface area contributed by atoms with Gasteiger partial charge in [-0.1, -0.05) is 13.8 Å². The molecule has 5 nitrogen and oxygen atoms in total. The maximum Gasteiger partial charge on any atom is 0.246 e. The van der Waals surface area contributed by atoms with E-state index in [9.17, 15) is 0 Å². The average Bonchev–Trinajstić information content (AvgIpc) is 2.84. The van der Waals surface area contributed by atoms with Gasteiger partial charge in [-0.15, -0.1) is 5.10 Å². The molecule has 0 radical (unpaired) electrons. The van der Waals surface area contributed by atoms with Crippen molar-refractivity contribution in [1.29, 1.82) is 0 Å². The molecule has 0 bridgehead atoms. The van der Waals surface area contributed by atoms with Gasteiger partial charge in [-0.25, -0.2) is 4.68 Å². The third-order valence-electron chi connectivity index (χ3n) is 4.23. The van der Waals surface area contributed by atoms with Gasteiger partial charge >= 0.3 is 0 Å². The molecule has 0 spiro atoms. The largest absolute Gasteiger partial charge is 0.354 e. The molecule has 3 heterocycles. The lowest BCUT2D eigenvalue weighted by Gasteiger charge is -2.29. The molecule has 2 aliphatic heterocycles. The number of fused-ring (bicyclic) bond motifs is 1. The second kappa shape index (κ2) is 4.78. The third kappa shape index (κ3) is 1.95. The average molecular weight is 249 g/mol. The summed E-state index contributed by atoms with van der Waals surface area (Å²) in [5.74, 6) is 2.50. The van der Waals surface area contributed by atoms with Gasteiger partial charge in [0.25, 0.3) is 0 Å². The Morgan fingerprint density at radius 3 is 2.78 bits per heavy atom. The van der Waals surface area contributed by atoms with E-state index in [4.69, 9.17) is 5.10 Å².